The number of nitrogens with one attached hydrogen (secondary N) is 1. The third-order valence-corrected chi connectivity index (χ3v) is 2.34. The van der Waals surface area contributed by atoms with Gasteiger partial charge in [0.25, 0.3) is 0 Å². The van der Waals surface area contributed by atoms with Crippen LogP contribution in [0.3, 0.4) is 0 Å². The van der Waals surface area contributed by atoms with Gasteiger partial charge >= 0.3 is 5.97 Å². The van der Waals surface area contributed by atoms with E-state index >= 15 is 0 Å². The van der Waals surface area contributed by atoms with Crippen LogP contribution in [0.5, 0.6) is 0 Å². The van der Waals surface area contributed by atoms with Gasteiger partial charge < -0.3 is 15.8 Å². The fourth-order valence-electron chi connectivity index (χ4n) is 1.02. The third kappa shape index (κ3) is 4.44. The number of hydrogen-bond acceptors (Lipinski definition) is 4. The van der Waals surface area contributed by atoms with Crippen molar-refractivity contribution in [3.05, 3.63) is 11.6 Å². The van der Waals surface area contributed by atoms with Gasteiger partial charge in [-0.3, -0.25) is 4.79 Å². The number of nitrogens with two attached hydrogens (primary N) is 1. The molecule has 0 saturated heterocycles. The molecule has 92 valence electrons. The summed E-state index contributed by atoms with van der Waals surface area (Å²) in [6.45, 7) is 5.63. The maximum atomic E-state index is 11.2. The molecule has 3 N–H and O–H groups in total. The first-order valence-electron chi connectivity index (χ1n) is 5.17. The number of carbonyl (C=O) groups excluding carboxylic acids is 2. The van der Waals surface area contributed by atoms with E-state index in [0.29, 0.717) is 18.5 Å². The van der Waals surface area contributed by atoms with Gasteiger partial charge in [-0.2, -0.15) is 0 Å². The molecule has 0 unspecified atom stereocenters. The average molecular weight is 228 g/mol. The number of primary amides is 1. The molecule has 5 nitrogen and oxygen atoms in total. The third-order valence-electron chi connectivity index (χ3n) is 2.34. The predicted molar refractivity (Wildman–Crippen MR) is 61.7 cm³/mol. The fraction of sp³-hybridized carbons (Fsp3) is 0.636. The lowest BCUT2D eigenvalue weighted by atomic mass is 10.1. The molecule has 0 fully saturated rings. The molecule has 0 saturated carbocycles. The predicted octanol–water partition coefficient (Wildman–Crippen LogP) is 0.349. The molecule has 0 aromatic rings. The minimum absolute atomic E-state index is 0.346. The van der Waals surface area contributed by atoms with Gasteiger partial charge in [-0.25, -0.2) is 4.79 Å². The number of hydrogen-bond donors (Lipinski definition) is 2. The zero-order valence-corrected chi connectivity index (χ0v) is 10.3. The van der Waals surface area contributed by atoms with Crippen molar-refractivity contribution >= 4 is 11.9 Å². The number of rotatable bonds is 6. The summed E-state index contributed by atoms with van der Waals surface area (Å²) in [6, 6.07) is 0. The van der Waals surface area contributed by atoms with Crippen LogP contribution >= 0.6 is 0 Å². The Bertz CT molecular complexity index is 296. The van der Waals surface area contributed by atoms with E-state index in [1.807, 2.05) is 6.92 Å². The van der Waals surface area contributed by atoms with E-state index in [0.717, 1.165) is 0 Å². The Kier molecular flexibility index (Phi) is 5.74. The standard InChI is InChI=1S/C11H20N2O3/c1-5-8(9(14)16-4)6-7-13-11(2,3)10(12)15/h6,13H,5,7H2,1-4H3,(H2,12,15). The maximum Gasteiger partial charge on any atom is 0.333 e. The van der Waals surface area contributed by atoms with Gasteiger partial charge in [0.1, 0.15) is 0 Å². The van der Waals surface area contributed by atoms with E-state index in [4.69, 9.17) is 5.73 Å². The molecule has 0 radical (unpaired) electrons. The Balaban J connectivity index is 4.37. The zero-order valence-electron chi connectivity index (χ0n) is 10.3. The first kappa shape index (κ1) is 14.6. The van der Waals surface area contributed by atoms with Crippen molar-refractivity contribution in [1.29, 1.82) is 0 Å². The molecule has 0 bridgehead atoms. The van der Waals surface area contributed by atoms with Gasteiger partial charge in [-0.05, 0) is 20.3 Å². The van der Waals surface area contributed by atoms with Crippen LogP contribution in [0.4, 0.5) is 0 Å². The minimum atomic E-state index is -0.786. The van der Waals surface area contributed by atoms with Gasteiger partial charge in [0.2, 0.25) is 5.91 Å². The molecular weight excluding hydrogens is 208 g/mol. The molecule has 0 atom stereocenters. The fourth-order valence-corrected chi connectivity index (χ4v) is 1.02. The van der Waals surface area contributed by atoms with Gasteiger partial charge in [-0.1, -0.05) is 13.0 Å². The van der Waals surface area contributed by atoms with Crippen molar-refractivity contribution in [2.75, 3.05) is 13.7 Å². The quantitative estimate of drug-likeness (QED) is 0.507. The molecule has 0 spiro atoms. The van der Waals surface area contributed by atoms with Gasteiger partial charge in [0.15, 0.2) is 0 Å². The van der Waals surface area contributed by atoms with Crippen LogP contribution in [0, 0.1) is 0 Å². The highest BCUT2D eigenvalue weighted by molar-refractivity contribution is 5.88. The van der Waals surface area contributed by atoms with Gasteiger partial charge in [-0.15, -0.1) is 0 Å². The van der Waals surface area contributed by atoms with E-state index in [2.05, 4.69) is 10.1 Å². The van der Waals surface area contributed by atoms with Crippen molar-refractivity contribution in [1.82, 2.24) is 5.32 Å². The molecule has 1 amide bonds. The normalized spacial score (nSPS) is 12.4. The van der Waals surface area contributed by atoms with E-state index in [-0.39, 0.29) is 5.97 Å². The second-order valence-corrected chi connectivity index (χ2v) is 3.94. The number of ether oxygens (including phenoxy) is 1. The molecule has 0 aliphatic heterocycles. The summed E-state index contributed by atoms with van der Waals surface area (Å²) >= 11 is 0. The molecule has 0 aromatic carbocycles. The molecule has 0 aromatic heterocycles. The van der Waals surface area contributed by atoms with Crippen molar-refractivity contribution in [3.63, 3.8) is 0 Å². The van der Waals surface area contributed by atoms with Crippen molar-refractivity contribution in [2.45, 2.75) is 32.7 Å². The number of carbonyl (C=O) groups is 2. The van der Waals surface area contributed by atoms with E-state index in [1.165, 1.54) is 7.11 Å². The lowest BCUT2D eigenvalue weighted by molar-refractivity contribution is -0.136. The molecule has 0 aliphatic carbocycles. The van der Waals surface area contributed by atoms with Gasteiger partial charge in [0.05, 0.1) is 12.6 Å². The van der Waals surface area contributed by atoms with E-state index < -0.39 is 11.4 Å². The molecule has 5 heteroatoms. The molecular formula is C11H20N2O3. The zero-order chi connectivity index (χ0) is 12.8. The minimum Gasteiger partial charge on any atom is -0.466 e. The van der Waals surface area contributed by atoms with Crippen LogP contribution in [-0.2, 0) is 14.3 Å². The smallest absolute Gasteiger partial charge is 0.333 e. The lowest BCUT2D eigenvalue weighted by Gasteiger charge is -2.21. The summed E-state index contributed by atoms with van der Waals surface area (Å²) in [5.74, 6) is -0.779. The second-order valence-electron chi connectivity index (χ2n) is 3.94. The van der Waals surface area contributed by atoms with E-state index in [9.17, 15) is 9.59 Å². The van der Waals surface area contributed by atoms with Crippen LogP contribution in [0.1, 0.15) is 27.2 Å². The highest BCUT2D eigenvalue weighted by Crippen LogP contribution is 2.04. The molecule has 0 rings (SSSR count). The SMILES string of the molecule is CCC(=CCNC(C)(C)C(N)=O)C(=O)OC. The van der Waals surface area contributed by atoms with Crippen LogP contribution in [-0.4, -0.2) is 31.1 Å². The highest BCUT2D eigenvalue weighted by atomic mass is 16.5. The van der Waals surface area contributed by atoms with E-state index in [1.54, 1.807) is 19.9 Å². The summed E-state index contributed by atoms with van der Waals surface area (Å²) in [5.41, 5.74) is 4.98. The summed E-state index contributed by atoms with van der Waals surface area (Å²) in [6.07, 6.45) is 2.29. The first-order chi connectivity index (χ1) is 7.35. The average Bonchev–Trinajstić information content (AvgIpc) is 2.23. The molecule has 16 heavy (non-hydrogen) atoms. The van der Waals surface area contributed by atoms with Crippen LogP contribution in [0.2, 0.25) is 0 Å². The molecule has 0 heterocycles. The number of methoxy groups -OCH3 is 1. The summed E-state index contributed by atoms with van der Waals surface area (Å²) in [7, 11) is 1.34. The number of esters is 1. The van der Waals surface area contributed by atoms with Crippen molar-refractivity contribution in [2.24, 2.45) is 5.73 Å². The Morgan fingerprint density at radius 1 is 1.44 bits per heavy atom. The van der Waals surface area contributed by atoms with Crippen LogP contribution in [0.25, 0.3) is 0 Å². The molecule has 0 aliphatic rings. The summed E-state index contributed by atoms with van der Waals surface area (Å²) in [4.78, 5) is 22.2. The Morgan fingerprint density at radius 3 is 2.38 bits per heavy atom. The van der Waals surface area contributed by atoms with Crippen molar-refractivity contribution < 1.29 is 14.3 Å². The summed E-state index contributed by atoms with van der Waals surface area (Å²) < 4.78 is 4.61. The Hall–Kier alpha value is -1.36. The second kappa shape index (κ2) is 6.27. The number of amides is 1. The Labute approximate surface area is 96.0 Å². The largest absolute Gasteiger partial charge is 0.466 e. The lowest BCUT2D eigenvalue weighted by Crippen LogP contribution is -2.50. The maximum absolute atomic E-state index is 11.2. The van der Waals surface area contributed by atoms with Crippen LogP contribution in [0.15, 0.2) is 11.6 Å². The Morgan fingerprint density at radius 2 is 2.00 bits per heavy atom. The van der Waals surface area contributed by atoms with Crippen molar-refractivity contribution in [3.8, 4) is 0 Å². The first-order valence-corrected chi connectivity index (χ1v) is 5.17. The highest BCUT2D eigenvalue weighted by Gasteiger charge is 2.23. The summed E-state index contributed by atoms with van der Waals surface area (Å²) in [5, 5.41) is 2.94. The van der Waals surface area contributed by atoms with Crippen LogP contribution < -0.4 is 11.1 Å². The topological polar surface area (TPSA) is 81.4 Å². The monoisotopic (exact) mass is 228 g/mol. The van der Waals surface area contributed by atoms with Gasteiger partial charge in [0, 0.05) is 12.1 Å².